The minimum absolute atomic E-state index is 0.00753. The maximum atomic E-state index is 12.1. The normalized spacial score (nSPS) is 14.9. The third kappa shape index (κ3) is 3.50. The lowest BCUT2D eigenvalue weighted by atomic mass is 9.92. The summed E-state index contributed by atoms with van der Waals surface area (Å²) in [5.41, 5.74) is 3.31. The summed E-state index contributed by atoms with van der Waals surface area (Å²) >= 11 is 0. The lowest BCUT2D eigenvalue weighted by Crippen LogP contribution is -2.26. The van der Waals surface area contributed by atoms with Crippen LogP contribution in [0.4, 0.5) is 11.5 Å². The van der Waals surface area contributed by atoms with Crippen LogP contribution in [0.15, 0.2) is 6.07 Å². The van der Waals surface area contributed by atoms with Gasteiger partial charge in [0, 0.05) is 20.0 Å². The third-order valence-corrected chi connectivity index (χ3v) is 3.54. The first-order valence-electron chi connectivity index (χ1n) is 7.28. The van der Waals surface area contributed by atoms with Crippen molar-refractivity contribution in [2.45, 2.75) is 47.0 Å². The molecule has 1 N–H and O–H groups in total. The molecular formula is C16H25N3O. The highest BCUT2D eigenvalue weighted by atomic mass is 16.1. The molecule has 0 spiro atoms. The summed E-state index contributed by atoms with van der Waals surface area (Å²) in [6.45, 7) is 9.27. The maximum absolute atomic E-state index is 12.1. The average molecular weight is 275 g/mol. The summed E-state index contributed by atoms with van der Waals surface area (Å²) < 4.78 is 0. The predicted octanol–water partition coefficient (Wildman–Crippen LogP) is 3.15. The van der Waals surface area contributed by atoms with Gasteiger partial charge in [0.2, 0.25) is 5.91 Å². The van der Waals surface area contributed by atoms with Crippen molar-refractivity contribution in [3.8, 4) is 0 Å². The number of carbonyl (C=O) groups excluding carboxylic acids is 1. The summed E-state index contributed by atoms with van der Waals surface area (Å²) in [4.78, 5) is 18.9. The Kier molecular flexibility index (Phi) is 4.02. The zero-order valence-electron chi connectivity index (χ0n) is 13.2. The molecule has 4 heteroatoms. The van der Waals surface area contributed by atoms with E-state index in [9.17, 15) is 4.79 Å². The number of anilines is 2. The SMILES string of the molecule is Cc1cc2c(nc1NC(=O)CC(C)(C)C)CCCN2C. The van der Waals surface area contributed by atoms with E-state index < -0.39 is 0 Å². The molecule has 0 unspecified atom stereocenters. The monoisotopic (exact) mass is 275 g/mol. The molecule has 1 aromatic heterocycles. The van der Waals surface area contributed by atoms with E-state index in [2.05, 4.69) is 49.1 Å². The molecular weight excluding hydrogens is 250 g/mol. The van der Waals surface area contributed by atoms with Gasteiger partial charge in [-0.3, -0.25) is 4.79 Å². The van der Waals surface area contributed by atoms with Gasteiger partial charge in [-0.15, -0.1) is 0 Å². The first-order chi connectivity index (χ1) is 9.26. The van der Waals surface area contributed by atoms with Crippen molar-refractivity contribution in [3.63, 3.8) is 0 Å². The van der Waals surface area contributed by atoms with E-state index >= 15 is 0 Å². The number of hydrogen-bond donors (Lipinski definition) is 1. The number of aromatic nitrogens is 1. The molecule has 0 saturated heterocycles. The van der Waals surface area contributed by atoms with E-state index in [1.807, 2.05) is 6.92 Å². The van der Waals surface area contributed by atoms with Gasteiger partial charge in [-0.2, -0.15) is 0 Å². The second-order valence-electron chi connectivity index (χ2n) is 6.93. The summed E-state index contributed by atoms with van der Waals surface area (Å²) in [5, 5.41) is 2.96. The van der Waals surface area contributed by atoms with Crippen LogP contribution in [0, 0.1) is 12.3 Å². The van der Waals surface area contributed by atoms with Gasteiger partial charge >= 0.3 is 0 Å². The molecule has 20 heavy (non-hydrogen) atoms. The van der Waals surface area contributed by atoms with Crippen molar-refractivity contribution in [3.05, 3.63) is 17.3 Å². The zero-order valence-corrected chi connectivity index (χ0v) is 13.2. The van der Waals surface area contributed by atoms with E-state index in [4.69, 9.17) is 0 Å². The third-order valence-electron chi connectivity index (χ3n) is 3.54. The molecule has 0 atom stereocenters. The lowest BCUT2D eigenvalue weighted by Gasteiger charge is -2.28. The van der Waals surface area contributed by atoms with E-state index in [1.54, 1.807) is 0 Å². The highest BCUT2D eigenvalue weighted by Gasteiger charge is 2.20. The Labute approximate surface area is 121 Å². The Hall–Kier alpha value is -1.58. The van der Waals surface area contributed by atoms with Gasteiger partial charge in [-0.05, 0) is 36.8 Å². The Morgan fingerprint density at radius 2 is 2.15 bits per heavy atom. The van der Waals surface area contributed by atoms with Crippen molar-refractivity contribution >= 4 is 17.4 Å². The smallest absolute Gasteiger partial charge is 0.226 e. The molecule has 1 aromatic rings. The number of carbonyl (C=O) groups is 1. The van der Waals surface area contributed by atoms with Crippen LogP contribution in [0.2, 0.25) is 0 Å². The number of fused-ring (bicyclic) bond motifs is 1. The molecule has 1 amide bonds. The van der Waals surface area contributed by atoms with Gasteiger partial charge in [0.05, 0.1) is 11.4 Å². The van der Waals surface area contributed by atoms with Crippen molar-refractivity contribution < 1.29 is 4.79 Å². The Balaban J connectivity index is 2.19. The van der Waals surface area contributed by atoms with E-state index in [0.29, 0.717) is 12.2 Å². The molecule has 1 aliphatic heterocycles. The number of aryl methyl sites for hydroxylation is 2. The molecule has 110 valence electrons. The highest BCUT2D eigenvalue weighted by molar-refractivity contribution is 5.91. The summed E-state index contributed by atoms with van der Waals surface area (Å²) in [5.74, 6) is 0.755. The number of pyridine rings is 1. The van der Waals surface area contributed by atoms with Crippen LogP contribution in [-0.2, 0) is 11.2 Å². The van der Waals surface area contributed by atoms with Crippen molar-refractivity contribution in [2.75, 3.05) is 23.8 Å². The molecule has 0 fully saturated rings. The van der Waals surface area contributed by atoms with Crippen molar-refractivity contribution in [1.82, 2.24) is 4.98 Å². The molecule has 0 aliphatic carbocycles. The van der Waals surface area contributed by atoms with Crippen LogP contribution in [0.25, 0.3) is 0 Å². The zero-order chi connectivity index (χ0) is 14.9. The van der Waals surface area contributed by atoms with E-state index in [0.717, 1.165) is 30.6 Å². The predicted molar refractivity (Wildman–Crippen MR) is 83.3 cm³/mol. The maximum Gasteiger partial charge on any atom is 0.226 e. The molecule has 0 radical (unpaired) electrons. The van der Waals surface area contributed by atoms with Gasteiger partial charge in [0.25, 0.3) is 0 Å². The molecule has 2 rings (SSSR count). The molecule has 0 aromatic carbocycles. The fraction of sp³-hybridized carbons (Fsp3) is 0.625. The fourth-order valence-electron chi connectivity index (χ4n) is 2.54. The lowest BCUT2D eigenvalue weighted by molar-refractivity contribution is -0.117. The minimum atomic E-state index is -0.00753. The number of nitrogens with one attached hydrogen (secondary N) is 1. The van der Waals surface area contributed by atoms with Crippen LogP contribution in [0.5, 0.6) is 0 Å². The molecule has 4 nitrogen and oxygen atoms in total. The summed E-state index contributed by atoms with van der Waals surface area (Å²) in [7, 11) is 2.09. The molecule has 0 saturated carbocycles. The second-order valence-corrected chi connectivity index (χ2v) is 6.93. The van der Waals surface area contributed by atoms with E-state index in [-0.39, 0.29) is 11.3 Å². The van der Waals surface area contributed by atoms with Gasteiger partial charge in [-0.25, -0.2) is 4.98 Å². The van der Waals surface area contributed by atoms with Gasteiger partial charge in [0.15, 0.2) is 0 Å². The Morgan fingerprint density at radius 1 is 1.45 bits per heavy atom. The highest BCUT2D eigenvalue weighted by Crippen LogP contribution is 2.29. The number of hydrogen-bond acceptors (Lipinski definition) is 3. The van der Waals surface area contributed by atoms with Gasteiger partial charge < -0.3 is 10.2 Å². The first kappa shape index (κ1) is 14.8. The minimum Gasteiger partial charge on any atom is -0.373 e. The van der Waals surface area contributed by atoms with Crippen molar-refractivity contribution in [2.24, 2.45) is 5.41 Å². The van der Waals surface area contributed by atoms with Crippen LogP contribution < -0.4 is 10.2 Å². The van der Waals surface area contributed by atoms with Crippen LogP contribution >= 0.6 is 0 Å². The summed E-state index contributed by atoms with van der Waals surface area (Å²) in [6, 6.07) is 2.13. The summed E-state index contributed by atoms with van der Waals surface area (Å²) in [6.07, 6.45) is 2.61. The fourth-order valence-corrected chi connectivity index (χ4v) is 2.54. The van der Waals surface area contributed by atoms with Crippen molar-refractivity contribution in [1.29, 1.82) is 0 Å². The second kappa shape index (κ2) is 5.43. The Morgan fingerprint density at radius 3 is 2.80 bits per heavy atom. The van der Waals surface area contributed by atoms with E-state index in [1.165, 1.54) is 5.69 Å². The number of rotatable bonds is 2. The van der Waals surface area contributed by atoms with Gasteiger partial charge in [-0.1, -0.05) is 20.8 Å². The number of nitrogens with zero attached hydrogens (tertiary/aromatic N) is 2. The first-order valence-corrected chi connectivity index (χ1v) is 7.28. The largest absolute Gasteiger partial charge is 0.373 e. The average Bonchev–Trinajstić information content (AvgIpc) is 2.29. The van der Waals surface area contributed by atoms with Crippen LogP contribution in [0.1, 0.15) is 44.9 Å². The molecule has 1 aliphatic rings. The molecule has 0 bridgehead atoms. The van der Waals surface area contributed by atoms with Crippen LogP contribution in [0.3, 0.4) is 0 Å². The Bertz CT molecular complexity index is 517. The van der Waals surface area contributed by atoms with Crippen LogP contribution in [-0.4, -0.2) is 24.5 Å². The number of amides is 1. The quantitative estimate of drug-likeness (QED) is 0.902. The van der Waals surface area contributed by atoms with Gasteiger partial charge in [0.1, 0.15) is 5.82 Å². The topological polar surface area (TPSA) is 45.2 Å². The molecule has 2 heterocycles. The standard InChI is InChI=1S/C16H25N3O/c1-11-9-13-12(7-6-8-19(13)5)17-15(11)18-14(20)10-16(2,3)4/h9H,6-8,10H2,1-5H3,(H,17,18,20).